The zero-order chi connectivity index (χ0) is 22.0. The number of anilines is 1. The molecular weight excluding hydrogens is 430 g/mol. The maximum Gasteiger partial charge on any atom is 0.487 e. The van der Waals surface area contributed by atoms with E-state index in [9.17, 15) is 13.6 Å². The molecule has 1 amide bonds. The molecule has 3 aromatic heterocycles. The fraction of sp³-hybridized carbons (Fsp3) is 0.100. The van der Waals surface area contributed by atoms with Crippen LogP contribution in [0.25, 0.3) is 22.6 Å². The summed E-state index contributed by atoms with van der Waals surface area (Å²) in [6.07, 6.45) is 4.70. The third-order valence-electron chi connectivity index (χ3n) is 4.35. The Hall–Kier alpha value is -3.79. The highest BCUT2D eigenvalue weighted by Crippen LogP contribution is 2.30. The summed E-state index contributed by atoms with van der Waals surface area (Å²) in [6, 6.07) is 10.6. The predicted octanol–water partition coefficient (Wildman–Crippen LogP) is 4.29. The molecule has 31 heavy (non-hydrogen) atoms. The molecule has 0 saturated heterocycles. The summed E-state index contributed by atoms with van der Waals surface area (Å²) in [7, 11) is 1.79. The van der Waals surface area contributed by atoms with E-state index in [-0.39, 0.29) is 5.75 Å². The second-order valence-electron chi connectivity index (χ2n) is 6.46. The summed E-state index contributed by atoms with van der Waals surface area (Å²) in [4.78, 5) is 17.2. The van der Waals surface area contributed by atoms with Gasteiger partial charge < -0.3 is 10.1 Å². The summed E-state index contributed by atoms with van der Waals surface area (Å²) in [5.74, 6) is -0.567. The predicted molar refractivity (Wildman–Crippen MR) is 110 cm³/mol. The van der Waals surface area contributed by atoms with Crippen LogP contribution in [0.4, 0.5) is 14.5 Å². The van der Waals surface area contributed by atoms with E-state index in [1.807, 2.05) is 6.07 Å². The van der Waals surface area contributed by atoms with Gasteiger partial charge in [-0.2, -0.15) is 10.2 Å². The van der Waals surface area contributed by atoms with Crippen LogP contribution >= 0.6 is 11.6 Å². The fourth-order valence-electron chi connectivity index (χ4n) is 2.95. The Bertz CT molecular complexity index is 1200. The van der Waals surface area contributed by atoms with E-state index in [2.05, 4.69) is 30.3 Å². The van der Waals surface area contributed by atoms with Gasteiger partial charge in [0.2, 0.25) is 0 Å². The molecule has 11 heteroatoms. The van der Waals surface area contributed by atoms with Crippen molar-refractivity contribution in [3.05, 3.63) is 66.6 Å². The SMILES string of the molecule is Cn1nccc1-c1ncc(C(=O)Nc2ccc(OC(F)(F)Cl)cc2)cc1-c1ccn[nH]1. The van der Waals surface area contributed by atoms with Gasteiger partial charge in [0.05, 0.1) is 22.6 Å². The molecule has 0 atom stereocenters. The van der Waals surface area contributed by atoms with Crippen LogP contribution in [0.3, 0.4) is 0 Å². The highest BCUT2D eigenvalue weighted by atomic mass is 35.5. The number of benzene rings is 1. The molecule has 1 aromatic carbocycles. The number of halogens is 3. The van der Waals surface area contributed by atoms with Crippen molar-refractivity contribution in [2.45, 2.75) is 5.57 Å². The number of hydrogen-bond acceptors (Lipinski definition) is 5. The van der Waals surface area contributed by atoms with Gasteiger partial charge in [-0.25, -0.2) is 0 Å². The molecule has 0 bridgehead atoms. The molecule has 0 aliphatic rings. The average molecular weight is 445 g/mol. The summed E-state index contributed by atoms with van der Waals surface area (Å²) in [5.41, 5.74) is -0.386. The van der Waals surface area contributed by atoms with Crippen LogP contribution in [0.5, 0.6) is 5.75 Å². The highest BCUT2D eigenvalue weighted by molar-refractivity contribution is 6.20. The smallest absolute Gasteiger partial charge is 0.420 e. The van der Waals surface area contributed by atoms with Gasteiger partial charge in [0, 0.05) is 48.5 Å². The first kappa shape index (κ1) is 20.5. The van der Waals surface area contributed by atoms with Crippen molar-refractivity contribution >= 4 is 23.2 Å². The number of nitrogens with zero attached hydrogens (tertiary/aromatic N) is 4. The van der Waals surface area contributed by atoms with E-state index in [4.69, 9.17) is 11.6 Å². The van der Waals surface area contributed by atoms with E-state index >= 15 is 0 Å². The fourth-order valence-corrected chi connectivity index (χ4v) is 3.04. The lowest BCUT2D eigenvalue weighted by Crippen LogP contribution is -2.16. The van der Waals surface area contributed by atoms with Crippen LogP contribution < -0.4 is 10.1 Å². The number of aromatic nitrogens is 5. The molecular formula is C20H15ClF2N6O2. The molecule has 0 spiro atoms. The van der Waals surface area contributed by atoms with Crippen LogP contribution in [0.2, 0.25) is 0 Å². The van der Waals surface area contributed by atoms with Crippen molar-refractivity contribution in [2.24, 2.45) is 7.05 Å². The number of carbonyl (C=O) groups excluding carboxylic acids is 1. The molecule has 3 heterocycles. The molecule has 158 valence electrons. The largest absolute Gasteiger partial charge is 0.487 e. The molecule has 0 fully saturated rings. The van der Waals surface area contributed by atoms with Gasteiger partial charge in [-0.1, -0.05) is 0 Å². The number of aromatic amines is 1. The van der Waals surface area contributed by atoms with E-state index in [1.165, 1.54) is 30.5 Å². The van der Waals surface area contributed by atoms with Crippen molar-refractivity contribution in [1.82, 2.24) is 25.0 Å². The Morgan fingerprint density at radius 3 is 2.58 bits per heavy atom. The molecule has 4 aromatic rings. The van der Waals surface area contributed by atoms with Crippen molar-refractivity contribution in [3.63, 3.8) is 0 Å². The van der Waals surface area contributed by atoms with Crippen LogP contribution in [0.1, 0.15) is 10.4 Å². The highest BCUT2D eigenvalue weighted by Gasteiger charge is 2.27. The second-order valence-corrected chi connectivity index (χ2v) is 6.90. The minimum absolute atomic E-state index is 0.137. The Morgan fingerprint density at radius 2 is 1.97 bits per heavy atom. The first-order chi connectivity index (χ1) is 14.8. The lowest BCUT2D eigenvalue weighted by Gasteiger charge is -2.12. The van der Waals surface area contributed by atoms with Crippen LogP contribution in [-0.2, 0) is 7.05 Å². The van der Waals surface area contributed by atoms with Gasteiger partial charge in [-0.05, 0) is 42.5 Å². The lowest BCUT2D eigenvalue weighted by molar-refractivity contribution is -0.0964. The van der Waals surface area contributed by atoms with Crippen LogP contribution in [-0.4, -0.2) is 36.4 Å². The first-order valence-electron chi connectivity index (χ1n) is 8.95. The quantitative estimate of drug-likeness (QED) is 0.432. The molecule has 0 aliphatic carbocycles. The van der Waals surface area contributed by atoms with E-state index in [0.29, 0.717) is 28.2 Å². The van der Waals surface area contributed by atoms with Gasteiger partial charge >= 0.3 is 5.57 Å². The number of aryl methyl sites for hydroxylation is 1. The molecule has 0 saturated carbocycles. The second kappa shape index (κ2) is 8.15. The first-order valence-corrected chi connectivity index (χ1v) is 9.33. The van der Waals surface area contributed by atoms with Gasteiger partial charge in [0.1, 0.15) is 5.75 Å². The Kier molecular flexibility index (Phi) is 5.38. The van der Waals surface area contributed by atoms with Crippen molar-refractivity contribution in [3.8, 4) is 28.4 Å². The number of alkyl halides is 3. The molecule has 0 radical (unpaired) electrons. The molecule has 0 aliphatic heterocycles. The van der Waals surface area contributed by atoms with Gasteiger partial charge in [0.25, 0.3) is 5.91 Å². The maximum absolute atomic E-state index is 12.7. The van der Waals surface area contributed by atoms with E-state index in [0.717, 1.165) is 5.69 Å². The number of H-pyrrole nitrogens is 1. The minimum Gasteiger partial charge on any atom is -0.420 e. The van der Waals surface area contributed by atoms with Crippen LogP contribution in [0.15, 0.2) is 61.1 Å². The minimum atomic E-state index is -3.81. The third kappa shape index (κ3) is 4.69. The molecule has 4 rings (SSSR count). The molecule has 8 nitrogen and oxygen atoms in total. The Morgan fingerprint density at radius 1 is 1.19 bits per heavy atom. The number of rotatable bonds is 6. The zero-order valence-electron chi connectivity index (χ0n) is 16.0. The van der Waals surface area contributed by atoms with Gasteiger partial charge in [-0.3, -0.25) is 19.6 Å². The normalized spacial score (nSPS) is 11.4. The van der Waals surface area contributed by atoms with Gasteiger partial charge in [-0.15, -0.1) is 8.78 Å². The number of ether oxygens (including phenoxy) is 1. The molecule has 0 unspecified atom stereocenters. The van der Waals surface area contributed by atoms with Gasteiger partial charge in [0.15, 0.2) is 0 Å². The summed E-state index contributed by atoms with van der Waals surface area (Å²) >= 11 is 4.74. The van der Waals surface area contributed by atoms with Crippen LogP contribution in [0, 0.1) is 0 Å². The lowest BCUT2D eigenvalue weighted by atomic mass is 10.0. The van der Waals surface area contributed by atoms with E-state index in [1.54, 1.807) is 36.3 Å². The monoisotopic (exact) mass is 444 g/mol. The standard InChI is InChI=1S/C20H15ClF2N6O2/c1-29-17(7-9-26-29)18-15(16-6-8-25-28-16)10-12(11-24-18)19(30)27-13-2-4-14(5-3-13)31-20(21,22)23/h2-11H,1H3,(H,25,28)(H,27,30). The number of hydrogen-bond donors (Lipinski definition) is 2. The average Bonchev–Trinajstić information content (AvgIpc) is 3.40. The van der Waals surface area contributed by atoms with Crippen molar-refractivity contribution in [2.75, 3.05) is 5.32 Å². The third-order valence-corrected chi connectivity index (χ3v) is 4.43. The van der Waals surface area contributed by atoms with Crippen molar-refractivity contribution < 1.29 is 18.3 Å². The number of pyridine rings is 1. The Labute approximate surface area is 179 Å². The maximum atomic E-state index is 12.7. The van der Waals surface area contributed by atoms with Crippen molar-refractivity contribution in [1.29, 1.82) is 0 Å². The molecule has 2 N–H and O–H groups in total. The summed E-state index contributed by atoms with van der Waals surface area (Å²) in [5, 5.41) is 13.7. The number of nitrogens with one attached hydrogen (secondary N) is 2. The summed E-state index contributed by atoms with van der Waals surface area (Å²) in [6.45, 7) is 0. The number of carbonyl (C=O) groups is 1. The topological polar surface area (TPSA) is 97.7 Å². The zero-order valence-corrected chi connectivity index (χ0v) is 16.8. The van der Waals surface area contributed by atoms with E-state index < -0.39 is 11.5 Å². The Balaban J connectivity index is 1.60. The summed E-state index contributed by atoms with van der Waals surface area (Å²) < 4.78 is 31.3. The number of amides is 1.